The summed E-state index contributed by atoms with van der Waals surface area (Å²) in [5, 5.41) is 9.74. The Morgan fingerprint density at radius 1 is 1.03 bits per heavy atom. The van der Waals surface area contributed by atoms with Crippen LogP contribution < -0.4 is 0 Å². The summed E-state index contributed by atoms with van der Waals surface area (Å²) in [6, 6.07) is 15.6. The van der Waals surface area contributed by atoms with E-state index in [0.29, 0.717) is 18.5 Å². The molecule has 2 aromatic rings. The van der Waals surface area contributed by atoms with Crippen molar-refractivity contribution in [2.75, 3.05) is 19.8 Å². The lowest BCUT2D eigenvalue weighted by Gasteiger charge is -2.41. The number of carbonyl (C=O) groups excluding carboxylic acids is 2. The number of esters is 1. The maximum absolute atomic E-state index is 13.4. The lowest BCUT2D eigenvalue weighted by Crippen LogP contribution is -2.52. The number of hydrogen-bond donors (Lipinski definition) is 1. The van der Waals surface area contributed by atoms with Crippen LogP contribution in [0.15, 0.2) is 60.2 Å². The van der Waals surface area contributed by atoms with Gasteiger partial charge in [0.1, 0.15) is 12.4 Å². The number of amides is 1. The summed E-state index contributed by atoms with van der Waals surface area (Å²) in [6.45, 7) is 13.3. The second kappa shape index (κ2) is 12.0. The molecule has 1 unspecified atom stereocenters. The Kier molecular flexibility index (Phi) is 9.20. The molecular weight excluding hydrogens is 486 g/mol. The van der Waals surface area contributed by atoms with Gasteiger partial charge in [-0.05, 0) is 60.3 Å². The van der Waals surface area contributed by atoms with E-state index >= 15 is 0 Å². The van der Waals surface area contributed by atoms with Crippen LogP contribution in [0.2, 0.25) is 18.1 Å². The van der Waals surface area contributed by atoms with Crippen molar-refractivity contribution in [2.45, 2.75) is 64.9 Å². The topological polar surface area (TPSA) is 85.3 Å². The zero-order valence-corrected chi connectivity index (χ0v) is 23.7. The SMILES string of the molecule is CCOC(=O)C1=C(c2ccc(O)cc2)CCN(C(=O)OCc2ccccc2)C1CO[Si](C)(C)C(C)(C)C. The third-order valence-electron chi connectivity index (χ3n) is 7.20. The Balaban J connectivity index is 2.00. The van der Waals surface area contributed by atoms with E-state index < -0.39 is 26.4 Å². The lowest BCUT2D eigenvalue weighted by atomic mass is 9.88. The van der Waals surface area contributed by atoms with E-state index in [0.717, 1.165) is 16.7 Å². The van der Waals surface area contributed by atoms with E-state index in [1.54, 1.807) is 36.1 Å². The number of aromatic hydroxyl groups is 1. The van der Waals surface area contributed by atoms with E-state index in [-0.39, 0.29) is 30.6 Å². The van der Waals surface area contributed by atoms with Crippen molar-refractivity contribution in [3.8, 4) is 5.75 Å². The predicted octanol–water partition coefficient (Wildman–Crippen LogP) is 6.14. The molecule has 0 aliphatic carbocycles. The van der Waals surface area contributed by atoms with Gasteiger partial charge in [-0.15, -0.1) is 0 Å². The summed E-state index contributed by atoms with van der Waals surface area (Å²) in [5.41, 5.74) is 2.87. The fraction of sp³-hybridized carbons (Fsp3) is 0.448. The van der Waals surface area contributed by atoms with Crippen LogP contribution in [0.1, 0.15) is 45.2 Å². The number of rotatable bonds is 8. The molecular formula is C29H39NO6Si. The Labute approximate surface area is 221 Å². The second-order valence-electron chi connectivity index (χ2n) is 10.7. The Bertz CT molecular complexity index is 1110. The van der Waals surface area contributed by atoms with E-state index in [1.165, 1.54) is 0 Å². The Hall–Kier alpha value is -3.10. The van der Waals surface area contributed by atoms with Crippen LogP contribution in [-0.4, -0.2) is 56.2 Å². The van der Waals surface area contributed by atoms with Crippen LogP contribution in [0.4, 0.5) is 4.79 Å². The number of ether oxygens (including phenoxy) is 2. The molecule has 0 fully saturated rings. The van der Waals surface area contributed by atoms with E-state index in [1.807, 2.05) is 30.3 Å². The number of benzene rings is 2. The summed E-state index contributed by atoms with van der Waals surface area (Å²) in [6.07, 6.45) is -0.0603. The zero-order chi connectivity index (χ0) is 27.2. The van der Waals surface area contributed by atoms with Gasteiger partial charge in [-0.1, -0.05) is 63.2 Å². The van der Waals surface area contributed by atoms with Crippen molar-refractivity contribution in [3.05, 3.63) is 71.3 Å². The van der Waals surface area contributed by atoms with Gasteiger partial charge in [-0.3, -0.25) is 4.90 Å². The van der Waals surface area contributed by atoms with Crippen LogP contribution in [0.3, 0.4) is 0 Å². The molecule has 1 atom stereocenters. The van der Waals surface area contributed by atoms with Crippen LogP contribution >= 0.6 is 0 Å². The van der Waals surface area contributed by atoms with Crippen LogP contribution in [-0.2, 0) is 25.3 Å². The normalized spacial score (nSPS) is 16.5. The maximum atomic E-state index is 13.4. The summed E-state index contributed by atoms with van der Waals surface area (Å²) in [7, 11) is -2.20. The van der Waals surface area contributed by atoms with Crippen molar-refractivity contribution in [1.82, 2.24) is 4.90 Å². The Morgan fingerprint density at radius 3 is 2.27 bits per heavy atom. The van der Waals surface area contributed by atoms with Crippen LogP contribution in [0.5, 0.6) is 5.75 Å². The van der Waals surface area contributed by atoms with E-state index in [2.05, 4.69) is 33.9 Å². The second-order valence-corrected chi connectivity index (χ2v) is 15.5. The van der Waals surface area contributed by atoms with Crippen LogP contribution in [0, 0.1) is 0 Å². The number of carbonyl (C=O) groups is 2. The van der Waals surface area contributed by atoms with Crippen molar-refractivity contribution in [1.29, 1.82) is 0 Å². The highest BCUT2D eigenvalue weighted by molar-refractivity contribution is 6.74. The van der Waals surface area contributed by atoms with Crippen molar-refractivity contribution in [3.63, 3.8) is 0 Å². The first kappa shape index (κ1) is 28.5. The third kappa shape index (κ3) is 7.02. The van der Waals surface area contributed by atoms with Gasteiger partial charge in [-0.2, -0.15) is 0 Å². The van der Waals surface area contributed by atoms with Gasteiger partial charge >= 0.3 is 12.1 Å². The predicted molar refractivity (Wildman–Crippen MR) is 147 cm³/mol. The molecule has 1 amide bonds. The third-order valence-corrected chi connectivity index (χ3v) is 11.7. The monoisotopic (exact) mass is 525 g/mol. The standard InChI is InChI=1S/C29H39NO6Si/c1-7-34-27(32)26-24(22-13-15-23(31)16-14-22)17-18-30(25(26)20-36-37(5,6)29(2,3)4)28(33)35-19-21-11-9-8-10-12-21/h8-16,25,31H,7,17-20H2,1-6H3. The van der Waals surface area contributed by atoms with E-state index in [9.17, 15) is 14.7 Å². The van der Waals surface area contributed by atoms with Crippen molar-refractivity contribution in [2.24, 2.45) is 0 Å². The summed E-state index contributed by atoms with van der Waals surface area (Å²) >= 11 is 0. The maximum Gasteiger partial charge on any atom is 0.410 e. The molecule has 0 radical (unpaired) electrons. The van der Waals surface area contributed by atoms with Gasteiger partial charge in [-0.25, -0.2) is 9.59 Å². The molecule has 1 heterocycles. The zero-order valence-electron chi connectivity index (χ0n) is 22.7. The summed E-state index contributed by atoms with van der Waals surface area (Å²) in [5.74, 6) is -0.336. The summed E-state index contributed by atoms with van der Waals surface area (Å²) in [4.78, 5) is 28.3. The molecule has 1 aliphatic rings. The smallest absolute Gasteiger partial charge is 0.410 e. The summed E-state index contributed by atoms with van der Waals surface area (Å²) < 4.78 is 17.7. The Morgan fingerprint density at radius 2 is 1.68 bits per heavy atom. The molecule has 0 saturated carbocycles. The minimum atomic E-state index is -2.20. The first-order chi connectivity index (χ1) is 17.4. The van der Waals surface area contributed by atoms with Gasteiger partial charge < -0.3 is 19.0 Å². The average molecular weight is 526 g/mol. The molecule has 37 heavy (non-hydrogen) atoms. The van der Waals surface area contributed by atoms with Gasteiger partial charge in [0.25, 0.3) is 0 Å². The van der Waals surface area contributed by atoms with Crippen LogP contribution in [0.25, 0.3) is 5.57 Å². The number of nitrogens with zero attached hydrogens (tertiary/aromatic N) is 1. The molecule has 3 rings (SSSR count). The molecule has 0 bridgehead atoms. The van der Waals surface area contributed by atoms with Gasteiger partial charge in [0.05, 0.1) is 24.8 Å². The fourth-order valence-corrected chi connectivity index (χ4v) is 5.02. The molecule has 1 aliphatic heterocycles. The molecule has 0 aromatic heterocycles. The molecule has 0 saturated heterocycles. The number of phenolic OH excluding ortho intramolecular Hbond substituents is 1. The molecule has 1 N–H and O–H groups in total. The van der Waals surface area contributed by atoms with Crippen molar-refractivity contribution >= 4 is 26.0 Å². The molecule has 0 spiro atoms. The van der Waals surface area contributed by atoms with Gasteiger partial charge in [0, 0.05) is 6.54 Å². The lowest BCUT2D eigenvalue weighted by molar-refractivity contribution is -0.139. The number of hydrogen-bond acceptors (Lipinski definition) is 6. The highest BCUT2D eigenvalue weighted by atomic mass is 28.4. The van der Waals surface area contributed by atoms with Crippen molar-refractivity contribution < 1.29 is 28.6 Å². The molecule has 8 heteroatoms. The molecule has 200 valence electrons. The minimum Gasteiger partial charge on any atom is -0.508 e. The molecule has 2 aromatic carbocycles. The highest BCUT2D eigenvalue weighted by Gasteiger charge is 2.42. The largest absolute Gasteiger partial charge is 0.508 e. The average Bonchev–Trinajstić information content (AvgIpc) is 2.86. The number of phenols is 1. The quantitative estimate of drug-likeness (QED) is 0.329. The first-order valence-electron chi connectivity index (χ1n) is 12.8. The van der Waals surface area contributed by atoms with E-state index in [4.69, 9.17) is 13.9 Å². The van der Waals surface area contributed by atoms with Gasteiger partial charge in [0.2, 0.25) is 0 Å². The molecule has 7 nitrogen and oxygen atoms in total. The van der Waals surface area contributed by atoms with Gasteiger partial charge in [0.15, 0.2) is 8.32 Å². The first-order valence-corrected chi connectivity index (χ1v) is 15.7. The highest BCUT2D eigenvalue weighted by Crippen LogP contribution is 2.39. The fourth-order valence-electron chi connectivity index (χ4n) is 4.01. The minimum absolute atomic E-state index is 0.0477.